The molecule has 1 aromatic rings. The fraction of sp³-hybridized carbons (Fsp3) is 0.650. The highest BCUT2D eigenvalue weighted by Gasteiger charge is 2.39. The minimum Gasteiger partial charge on any atom is -0.396 e. The summed E-state index contributed by atoms with van der Waals surface area (Å²) in [5, 5.41) is 16.4. The maximum Gasteiger partial charge on any atom is 0.191 e. The van der Waals surface area contributed by atoms with Gasteiger partial charge < -0.3 is 20.5 Å². The third-order valence-corrected chi connectivity index (χ3v) is 6.57. The van der Waals surface area contributed by atoms with Crippen molar-refractivity contribution in [3.8, 4) is 0 Å². The second-order valence-corrected chi connectivity index (χ2v) is 8.61. The number of hydrogen-bond donors (Lipinski definition) is 3. The predicted octanol–water partition coefficient (Wildman–Crippen LogP) is 2.82. The molecule has 26 heavy (non-hydrogen) atoms. The largest absolute Gasteiger partial charge is 0.396 e. The van der Waals surface area contributed by atoms with Crippen LogP contribution in [0.5, 0.6) is 0 Å². The molecule has 0 spiro atoms. The van der Waals surface area contributed by atoms with Crippen LogP contribution in [0.25, 0.3) is 0 Å². The molecule has 1 aliphatic heterocycles. The number of ether oxygens (including phenoxy) is 1. The van der Waals surface area contributed by atoms with Gasteiger partial charge in [0.1, 0.15) is 0 Å². The first-order valence-corrected chi connectivity index (χ1v) is 10.3. The van der Waals surface area contributed by atoms with Gasteiger partial charge in [0.2, 0.25) is 0 Å². The molecule has 0 radical (unpaired) electrons. The average molecular weight is 424 g/mol. The summed E-state index contributed by atoms with van der Waals surface area (Å²) in [4.78, 5) is 4.39. The zero-order chi connectivity index (χ0) is 18.5. The van der Waals surface area contributed by atoms with E-state index in [2.05, 4.69) is 55.8 Å². The van der Waals surface area contributed by atoms with Crippen molar-refractivity contribution in [2.45, 2.75) is 37.5 Å². The lowest BCUT2D eigenvalue weighted by molar-refractivity contribution is 0.127. The monoisotopic (exact) mass is 423 g/mol. The van der Waals surface area contributed by atoms with Gasteiger partial charge in [-0.2, -0.15) is 0 Å². The molecule has 1 saturated carbocycles. The summed E-state index contributed by atoms with van der Waals surface area (Å²) in [6.07, 6.45) is 5.45. The summed E-state index contributed by atoms with van der Waals surface area (Å²) in [6.45, 7) is 3.35. The van der Waals surface area contributed by atoms with Crippen molar-refractivity contribution in [1.82, 2.24) is 10.6 Å². The number of hydrogen-bond acceptors (Lipinski definition) is 3. The Hall–Kier alpha value is -1.11. The number of benzene rings is 1. The molecule has 144 valence electrons. The molecule has 0 amide bonds. The lowest BCUT2D eigenvalue weighted by Crippen LogP contribution is -2.50. The molecular formula is C20H30BrN3O2. The van der Waals surface area contributed by atoms with E-state index in [0.717, 1.165) is 43.0 Å². The Labute approximate surface area is 164 Å². The third kappa shape index (κ3) is 4.41. The second kappa shape index (κ2) is 8.72. The highest BCUT2D eigenvalue weighted by atomic mass is 79.9. The minimum absolute atomic E-state index is 0.0201. The van der Waals surface area contributed by atoms with E-state index < -0.39 is 0 Å². The smallest absolute Gasteiger partial charge is 0.191 e. The van der Waals surface area contributed by atoms with E-state index in [1.165, 1.54) is 24.8 Å². The van der Waals surface area contributed by atoms with Crippen molar-refractivity contribution in [3.63, 3.8) is 0 Å². The van der Waals surface area contributed by atoms with Gasteiger partial charge in [-0.3, -0.25) is 4.99 Å². The number of aliphatic imine (C=N–C) groups is 1. The Morgan fingerprint density at radius 1 is 1.19 bits per heavy atom. The highest BCUT2D eigenvalue weighted by molar-refractivity contribution is 9.10. The lowest BCUT2D eigenvalue weighted by atomic mass is 9.64. The van der Waals surface area contributed by atoms with Crippen LogP contribution in [-0.2, 0) is 10.2 Å². The maximum atomic E-state index is 9.38. The second-order valence-electron chi connectivity index (χ2n) is 7.70. The maximum absolute atomic E-state index is 9.38. The zero-order valence-electron chi connectivity index (χ0n) is 15.6. The van der Waals surface area contributed by atoms with E-state index in [0.29, 0.717) is 6.61 Å². The van der Waals surface area contributed by atoms with Crippen LogP contribution in [0.3, 0.4) is 0 Å². The highest BCUT2D eigenvalue weighted by Crippen LogP contribution is 2.43. The number of rotatable bonds is 7. The van der Waals surface area contributed by atoms with E-state index in [9.17, 15) is 5.11 Å². The molecule has 6 heteroatoms. The molecule has 2 aliphatic rings. The summed E-state index contributed by atoms with van der Waals surface area (Å²) in [7, 11) is 1.81. The molecule has 5 nitrogen and oxygen atoms in total. The lowest BCUT2D eigenvalue weighted by Gasteiger charge is -2.43. The van der Waals surface area contributed by atoms with Gasteiger partial charge in [-0.15, -0.1) is 0 Å². The van der Waals surface area contributed by atoms with Crippen LogP contribution in [0.4, 0.5) is 0 Å². The van der Waals surface area contributed by atoms with Crippen LogP contribution in [0.2, 0.25) is 0 Å². The van der Waals surface area contributed by atoms with Crippen molar-refractivity contribution < 1.29 is 9.84 Å². The molecule has 1 unspecified atom stereocenters. The first kappa shape index (κ1) is 19.6. The van der Waals surface area contributed by atoms with Gasteiger partial charge in [-0.25, -0.2) is 0 Å². The Morgan fingerprint density at radius 3 is 2.46 bits per heavy atom. The van der Waals surface area contributed by atoms with Crippen molar-refractivity contribution in [2.75, 3.05) is 40.0 Å². The molecule has 1 atom stereocenters. The van der Waals surface area contributed by atoms with Gasteiger partial charge >= 0.3 is 0 Å². The summed E-state index contributed by atoms with van der Waals surface area (Å²) < 4.78 is 6.69. The Kier molecular flexibility index (Phi) is 6.59. The molecule has 1 saturated heterocycles. The van der Waals surface area contributed by atoms with Crippen LogP contribution in [0.1, 0.15) is 37.7 Å². The minimum atomic E-state index is 0.0201. The number of aliphatic hydroxyl groups excluding tert-OH is 1. The summed E-state index contributed by atoms with van der Waals surface area (Å²) in [6, 6.07) is 8.71. The van der Waals surface area contributed by atoms with Gasteiger partial charge in [0.25, 0.3) is 0 Å². The number of aliphatic hydroxyl groups is 1. The van der Waals surface area contributed by atoms with Gasteiger partial charge in [0.15, 0.2) is 5.96 Å². The predicted molar refractivity (Wildman–Crippen MR) is 109 cm³/mol. The van der Waals surface area contributed by atoms with Gasteiger partial charge in [-0.05, 0) is 43.4 Å². The number of nitrogens with one attached hydrogen (secondary N) is 2. The fourth-order valence-electron chi connectivity index (χ4n) is 4.03. The van der Waals surface area contributed by atoms with Gasteiger partial charge in [0.05, 0.1) is 6.61 Å². The molecule has 2 fully saturated rings. The van der Waals surface area contributed by atoms with E-state index >= 15 is 0 Å². The number of nitrogens with zero attached hydrogens (tertiary/aromatic N) is 1. The Bertz CT molecular complexity index is 608. The molecule has 0 bridgehead atoms. The fourth-order valence-corrected chi connectivity index (χ4v) is 4.30. The third-order valence-electron chi connectivity index (χ3n) is 6.04. The molecule has 1 aliphatic carbocycles. The topological polar surface area (TPSA) is 65.9 Å². The summed E-state index contributed by atoms with van der Waals surface area (Å²) >= 11 is 3.52. The molecule has 1 aromatic carbocycles. The molecular weight excluding hydrogens is 394 g/mol. The van der Waals surface area contributed by atoms with Crippen molar-refractivity contribution in [2.24, 2.45) is 10.4 Å². The number of halogens is 1. The first-order valence-electron chi connectivity index (χ1n) is 9.51. The Morgan fingerprint density at radius 2 is 1.92 bits per heavy atom. The standard InChI is InChI=1S/C20H30BrN3O2/c1-22-18(23-13-19(9-11-25)10-12-26-15-19)24-14-20(7-2-8-20)16-3-5-17(21)6-4-16/h3-6,25H,2,7-15H2,1H3,(H2,22,23,24). The molecule has 3 rings (SSSR count). The van der Waals surface area contributed by atoms with Crippen molar-refractivity contribution in [1.29, 1.82) is 0 Å². The van der Waals surface area contributed by atoms with E-state index in [1.807, 2.05) is 7.05 Å². The van der Waals surface area contributed by atoms with E-state index in [1.54, 1.807) is 0 Å². The summed E-state index contributed by atoms with van der Waals surface area (Å²) in [5.41, 5.74) is 1.62. The van der Waals surface area contributed by atoms with Gasteiger partial charge in [-0.1, -0.05) is 34.5 Å². The Balaban J connectivity index is 1.57. The van der Waals surface area contributed by atoms with Crippen LogP contribution in [0.15, 0.2) is 33.7 Å². The normalized spacial score (nSPS) is 25.0. The quantitative estimate of drug-likeness (QED) is 0.465. The number of guanidine groups is 1. The molecule has 0 aromatic heterocycles. The SMILES string of the molecule is CN=C(NCC1(CCO)CCOC1)NCC1(c2ccc(Br)cc2)CCC1. The zero-order valence-corrected chi connectivity index (χ0v) is 17.1. The summed E-state index contributed by atoms with van der Waals surface area (Å²) in [5.74, 6) is 0.831. The van der Waals surface area contributed by atoms with Crippen LogP contribution in [0, 0.1) is 5.41 Å². The van der Waals surface area contributed by atoms with Gasteiger partial charge in [0, 0.05) is 48.7 Å². The van der Waals surface area contributed by atoms with E-state index in [-0.39, 0.29) is 17.4 Å². The van der Waals surface area contributed by atoms with Crippen molar-refractivity contribution >= 4 is 21.9 Å². The average Bonchev–Trinajstić information content (AvgIpc) is 3.07. The first-order chi connectivity index (χ1) is 12.6. The van der Waals surface area contributed by atoms with Crippen LogP contribution >= 0.6 is 15.9 Å². The van der Waals surface area contributed by atoms with E-state index in [4.69, 9.17) is 4.74 Å². The van der Waals surface area contributed by atoms with Crippen molar-refractivity contribution in [3.05, 3.63) is 34.3 Å². The molecule has 3 N–H and O–H groups in total. The van der Waals surface area contributed by atoms with Crippen LogP contribution < -0.4 is 10.6 Å². The van der Waals surface area contributed by atoms with Crippen LogP contribution in [-0.4, -0.2) is 51.0 Å². The molecule has 1 heterocycles.